The summed E-state index contributed by atoms with van der Waals surface area (Å²) >= 11 is 0. The molecule has 0 radical (unpaired) electrons. The molecule has 0 amide bonds. The zero-order valence-corrected chi connectivity index (χ0v) is 13.1. The van der Waals surface area contributed by atoms with Crippen molar-refractivity contribution in [2.24, 2.45) is 0 Å². The van der Waals surface area contributed by atoms with Crippen LogP contribution >= 0.6 is 0 Å². The van der Waals surface area contributed by atoms with E-state index in [2.05, 4.69) is 35.3 Å². The molecule has 0 saturated carbocycles. The summed E-state index contributed by atoms with van der Waals surface area (Å²) in [5.41, 5.74) is 6.12. The quantitative estimate of drug-likeness (QED) is 0.501. The van der Waals surface area contributed by atoms with Gasteiger partial charge in [0.25, 0.3) is 0 Å². The van der Waals surface area contributed by atoms with E-state index in [1.54, 1.807) is 0 Å². The zero-order chi connectivity index (χ0) is 16.2. The van der Waals surface area contributed by atoms with Gasteiger partial charge in [-0.2, -0.15) is 0 Å². The van der Waals surface area contributed by atoms with Crippen LogP contribution in [0.2, 0.25) is 0 Å². The van der Waals surface area contributed by atoms with Crippen LogP contribution in [0.5, 0.6) is 0 Å². The average molecular weight is 308 g/mol. The van der Waals surface area contributed by atoms with E-state index in [9.17, 15) is 0 Å². The van der Waals surface area contributed by atoms with Gasteiger partial charge in [0.1, 0.15) is 0 Å². The van der Waals surface area contributed by atoms with Gasteiger partial charge in [-0.15, -0.1) is 0 Å². The lowest BCUT2D eigenvalue weighted by atomic mass is 10.1. The van der Waals surface area contributed by atoms with Crippen molar-refractivity contribution in [2.75, 3.05) is 0 Å². The molecule has 114 valence electrons. The van der Waals surface area contributed by atoms with E-state index >= 15 is 0 Å². The molecule has 4 aromatic rings. The molecule has 24 heavy (non-hydrogen) atoms. The SMILES string of the molecule is c1ccc(-c2ccc(-c3cccc(-c4ccccc4)n3)nc2)cc1. The minimum absolute atomic E-state index is 0.882. The van der Waals surface area contributed by atoms with Crippen LogP contribution in [0.1, 0.15) is 0 Å². The number of aromatic nitrogens is 2. The van der Waals surface area contributed by atoms with Crippen LogP contribution in [-0.4, -0.2) is 9.97 Å². The number of benzene rings is 2. The highest BCUT2D eigenvalue weighted by Crippen LogP contribution is 2.23. The molecule has 0 spiro atoms. The van der Waals surface area contributed by atoms with Gasteiger partial charge in [0, 0.05) is 17.3 Å². The summed E-state index contributed by atoms with van der Waals surface area (Å²) in [7, 11) is 0. The molecule has 0 aliphatic heterocycles. The number of rotatable bonds is 3. The second-order valence-electron chi connectivity index (χ2n) is 5.57. The van der Waals surface area contributed by atoms with Crippen molar-refractivity contribution in [3.63, 3.8) is 0 Å². The highest BCUT2D eigenvalue weighted by molar-refractivity contribution is 5.67. The molecule has 2 heteroatoms. The van der Waals surface area contributed by atoms with Crippen LogP contribution in [-0.2, 0) is 0 Å². The highest BCUT2D eigenvalue weighted by Gasteiger charge is 2.05. The second-order valence-corrected chi connectivity index (χ2v) is 5.57. The lowest BCUT2D eigenvalue weighted by Gasteiger charge is -2.06. The van der Waals surface area contributed by atoms with Crippen molar-refractivity contribution >= 4 is 0 Å². The molecule has 4 rings (SSSR count). The summed E-state index contributed by atoms with van der Waals surface area (Å²) in [6.45, 7) is 0. The number of hydrogen-bond donors (Lipinski definition) is 0. The minimum atomic E-state index is 0.882. The molecule has 2 aromatic heterocycles. The van der Waals surface area contributed by atoms with Crippen molar-refractivity contribution in [3.05, 3.63) is 97.2 Å². The lowest BCUT2D eigenvalue weighted by Crippen LogP contribution is -1.90. The molecule has 0 aliphatic carbocycles. The Balaban J connectivity index is 1.67. The third-order valence-electron chi connectivity index (χ3n) is 3.95. The van der Waals surface area contributed by atoms with Crippen LogP contribution in [0.15, 0.2) is 97.2 Å². The first kappa shape index (κ1) is 14.3. The first-order valence-corrected chi connectivity index (χ1v) is 7.94. The molecule has 0 N–H and O–H groups in total. The molecule has 2 heterocycles. The Kier molecular flexibility index (Phi) is 3.86. The fraction of sp³-hybridized carbons (Fsp3) is 0. The Morgan fingerprint density at radius 1 is 0.417 bits per heavy atom. The largest absolute Gasteiger partial charge is 0.254 e. The molecule has 0 bridgehead atoms. The minimum Gasteiger partial charge on any atom is -0.254 e. The van der Waals surface area contributed by atoms with Gasteiger partial charge >= 0.3 is 0 Å². The molecule has 0 atom stereocenters. The van der Waals surface area contributed by atoms with Crippen LogP contribution in [0, 0.1) is 0 Å². The average Bonchev–Trinajstić information content (AvgIpc) is 2.70. The van der Waals surface area contributed by atoms with Crippen molar-refractivity contribution in [3.8, 4) is 33.8 Å². The van der Waals surface area contributed by atoms with Gasteiger partial charge in [-0.3, -0.25) is 4.98 Å². The van der Waals surface area contributed by atoms with Crippen LogP contribution in [0.4, 0.5) is 0 Å². The van der Waals surface area contributed by atoms with E-state index in [1.165, 1.54) is 5.56 Å². The van der Waals surface area contributed by atoms with Gasteiger partial charge in [0.2, 0.25) is 0 Å². The summed E-state index contributed by atoms with van der Waals surface area (Å²) < 4.78 is 0. The van der Waals surface area contributed by atoms with Gasteiger partial charge in [0.05, 0.1) is 17.1 Å². The summed E-state index contributed by atoms with van der Waals surface area (Å²) in [4.78, 5) is 9.35. The third kappa shape index (κ3) is 2.95. The maximum Gasteiger partial charge on any atom is 0.0893 e. The normalized spacial score (nSPS) is 10.5. The van der Waals surface area contributed by atoms with Gasteiger partial charge in [-0.25, -0.2) is 4.98 Å². The van der Waals surface area contributed by atoms with E-state index in [1.807, 2.05) is 66.9 Å². The predicted octanol–water partition coefficient (Wildman–Crippen LogP) is 5.48. The lowest BCUT2D eigenvalue weighted by molar-refractivity contribution is 1.25. The number of nitrogens with zero attached hydrogens (tertiary/aromatic N) is 2. The summed E-state index contributed by atoms with van der Waals surface area (Å²) in [6, 6.07) is 30.6. The van der Waals surface area contributed by atoms with Gasteiger partial charge < -0.3 is 0 Å². The van der Waals surface area contributed by atoms with E-state index in [4.69, 9.17) is 4.98 Å². The fourth-order valence-electron chi connectivity index (χ4n) is 2.69. The molecule has 0 unspecified atom stereocenters. The Morgan fingerprint density at radius 2 is 1.08 bits per heavy atom. The highest BCUT2D eigenvalue weighted by atomic mass is 14.8. The first-order chi connectivity index (χ1) is 11.9. The predicted molar refractivity (Wildman–Crippen MR) is 98.3 cm³/mol. The summed E-state index contributed by atoms with van der Waals surface area (Å²) in [5.74, 6) is 0. The maximum absolute atomic E-state index is 4.75. The molecule has 2 aromatic carbocycles. The van der Waals surface area contributed by atoms with E-state index in [0.717, 1.165) is 28.2 Å². The van der Waals surface area contributed by atoms with E-state index in [-0.39, 0.29) is 0 Å². The Morgan fingerprint density at radius 3 is 1.75 bits per heavy atom. The molecule has 2 nitrogen and oxygen atoms in total. The van der Waals surface area contributed by atoms with Gasteiger partial charge in [-0.1, -0.05) is 72.8 Å². The van der Waals surface area contributed by atoms with Crippen molar-refractivity contribution in [1.29, 1.82) is 0 Å². The van der Waals surface area contributed by atoms with Crippen LogP contribution < -0.4 is 0 Å². The molecule has 0 aliphatic rings. The first-order valence-electron chi connectivity index (χ1n) is 7.94. The Bertz CT molecular complexity index is 930. The van der Waals surface area contributed by atoms with Gasteiger partial charge in [0.15, 0.2) is 0 Å². The van der Waals surface area contributed by atoms with E-state index in [0.29, 0.717) is 0 Å². The smallest absolute Gasteiger partial charge is 0.0893 e. The monoisotopic (exact) mass is 308 g/mol. The number of pyridine rings is 2. The van der Waals surface area contributed by atoms with Crippen molar-refractivity contribution in [2.45, 2.75) is 0 Å². The molecule has 0 saturated heterocycles. The molecular weight excluding hydrogens is 292 g/mol. The van der Waals surface area contributed by atoms with Gasteiger partial charge in [-0.05, 0) is 23.8 Å². The fourth-order valence-corrected chi connectivity index (χ4v) is 2.69. The third-order valence-corrected chi connectivity index (χ3v) is 3.95. The summed E-state index contributed by atoms with van der Waals surface area (Å²) in [5, 5.41) is 0. The van der Waals surface area contributed by atoms with Crippen molar-refractivity contribution < 1.29 is 0 Å². The number of hydrogen-bond acceptors (Lipinski definition) is 2. The molecule has 0 fully saturated rings. The Labute approximate surface area is 141 Å². The maximum atomic E-state index is 4.75. The van der Waals surface area contributed by atoms with E-state index < -0.39 is 0 Å². The van der Waals surface area contributed by atoms with Crippen molar-refractivity contribution in [1.82, 2.24) is 9.97 Å². The second kappa shape index (κ2) is 6.47. The van der Waals surface area contributed by atoms with Crippen LogP contribution in [0.25, 0.3) is 33.8 Å². The molecular formula is C22H16N2. The van der Waals surface area contributed by atoms with Crippen LogP contribution in [0.3, 0.4) is 0 Å². The summed E-state index contributed by atoms with van der Waals surface area (Å²) in [6.07, 6.45) is 1.90. The Hall–Kier alpha value is -3.26. The standard InChI is InChI=1S/C22H16N2/c1-3-8-17(9-4-1)19-14-15-21(23-16-19)22-13-7-12-20(24-22)18-10-5-2-6-11-18/h1-16H. The zero-order valence-electron chi connectivity index (χ0n) is 13.1. The topological polar surface area (TPSA) is 25.8 Å².